The number of piperazine rings is 1. The van der Waals surface area contributed by atoms with Crippen LogP contribution in [0.2, 0.25) is 0 Å². The van der Waals surface area contributed by atoms with Gasteiger partial charge >= 0.3 is 5.97 Å². The molecule has 4 heterocycles. The van der Waals surface area contributed by atoms with E-state index in [0.29, 0.717) is 5.82 Å². The van der Waals surface area contributed by atoms with Gasteiger partial charge in [-0.25, -0.2) is 14.5 Å². The van der Waals surface area contributed by atoms with Gasteiger partial charge in [-0.3, -0.25) is 4.90 Å². The highest BCUT2D eigenvalue weighted by Crippen LogP contribution is 2.36. The summed E-state index contributed by atoms with van der Waals surface area (Å²) < 4.78 is 6.94. The van der Waals surface area contributed by atoms with Gasteiger partial charge in [0.15, 0.2) is 5.82 Å². The number of nitrogens with zero attached hydrogens (tertiary/aromatic N) is 7. The number of esters is 1. The first-order valence-corrected chi connectivity index (χ1v) is 12.1. The second-order valence-electron chi connectivity index (χ2n) is 9.97. The molecule has 3 aromatic heterocycles. The Kier molecular flexibility index (Phi) is 6.02. The van der Waals surface area contributed by atoms with E-state index in [-0.39, 0.29) is 17.3 Å². The third-order valence-corrected chi connectivity index (χ3v) is 6.77. The minimum absolute atomic E-state index is 0.270. The number of carbonyl (C=O) groups excluding carboxylic acids is 1. The highest BCUT2D eigenvalue weighted by Gasteiger charge is 2.36. The topological polar surface area (TPSA) is 105 Å². The van der Waals surface area contributed by atoms with Crippen molar-refractivity contribution in [3.8, 4) is 0 Å². The number of nitrogens with one attached hydrogen (secondary N) is 1. The molecule has 1 atom stereocenters. The number of carbonyl (C=O) groups is 1. The second-order valence-corrected chi connectivity index (χ2v) is 9.97. The van der Waals surface area contributed by atoms with Crippen molar-refractivity contribution in [2.75, 3.05) is 39.8 Å². The van der Waals surface area contributed by atoms with Crippen LogP contribution in [-0.4, -0.2) is 85.8 Å². The van der Waals surface area contributed by atoms with Crippen LogP contribution in [0.5, 0.6) is 0 Å². The molecule has 1 aliphatic heterocycles. The zero-order valence-electron chi connectivity index (χ0n) is 20.9. The van der Waals surface area contributed by atoms with Crippen molar-refractivity contribution in [3.05, 3.63) is 47.5 Å². The number of H-pyrrole nitrogens is 1. The molecule has 4 aromatic rings. The first kappa shape index (κ1) is 23.4. The average molecular weight is 477 g/mol. The van der Waals surface area contributed by atoms with E-state index in [2.05, 4.69) is 58.0 Å². The average Bonchev–Trinajstić information content (AvgIpc) is 3.49. The molecule has 0 bridgehead atoms. The third kappa shape index (κ3) is 4.17. The molecule has 35 heavy (non-hydrogen) atoms. The fourth-order valence-corrected chi connectivity index (χ4v) is 4.92. The van der Waals surface area contributed by atoms with E-state index in [1.54, 1.807) is 0 Å². The molecule has 1 saturated heterocycles. The van der Waals surface area contributed by atoms with Crippen LogP contribution in [-0.2, 0) is 10.3 Å². The maximum atomic E-state index is 12.7. The molecule has 0 amide bonds. The largest absolute Gasteiger partial charge is 0.464 e. The van der Waals surface area contributed by atoms with Gasteiger partial charge in [0.25, 0.3) is 0 Å². The molecule has 0 saturated carbocycles. The van der Waals surface area contributed by atoms with Crippen LogP contribution in [0.25, 0.3) is 21.8 Å². The summed E-state index contributed by atoms with van der Waals surface area (Å²) in [6.45, 7) is 13.0. The lowest BCUT2D eigenvalue weighted by Crippen LogP contribution is -2.48. The van der Waals surface area contributed by atoms with Crippen molar-refractivity contribution in [2.45, 2.75) is 39.3 Å². The van der Waals surface area contributed by atoms with Crippen molar-refractivity contribution in [1.29, 1.82) is 0 Å². The molecule has 1 aliphatic rings. The smallest absolute Gasteiger partial charge is 0.356 e. The zero-order valence-corrected chi connectivity index (χ0v) is 20.9. The van der Waals surface area contributed by atoms with Gasteiger partial charge < -0.3 is 14.6 Å². The molecule has 10 nitrogen and oxygen atoms in total. The van der Waals surface area contributed by atoms with Crippen LogP contribution in [0, 0.1) is 0 Å². The number of para-hydroxylation sites is 1. The third-order valence-electron chi connectivity index (χ3n) is 6.77. The summed E-state index contributed by atoms with van der Waals surface area (Å²) in [7, 11) is 1.38. The van der Waals surface area contributed by atoms with Crippen molar-refractivity contribution in [3.63, 3.8) is 0 Å². The quantitative estimate of drug-likeness (QED) is 0.439. The van der Waals surface area contributed by atoms with Crippen LogP contribution >= 0.6 is 0 Å². The summed E-state index contributed by atoms with van der Waals surface area (Å²) in [5.74, 6) is 0.236. The number of hydrogen-bond donors (Lipinski definition) is 1. The summed E-state index contributed by atoms with van der Waals surface area (Å²) in [6, 6.07) is 9.53. The fourth-order valence-electron chi connectivity index (χ4n) is 4.92. The van der Waals surface area contributed by atoms with E-state index < -0.39 is 5.97 Å². The number of hydrogen-bond acceptors (Lipinski definition) is 8. The molecule has 1 N–H and O–H groups in total. The summed E-state index contributed by atoms with van der Waals surface area (Å²) in [6.07, 6.45) is 0. The maximum Gasteiger partial charge on any atom is 0.356 e. The number of rotatable bonds is 5. The molecule has 1 unspecified atom stereocenters. The van der Waals surface area contributed by atoms with Crippen molar-refractivity contribution >= 4 is 27.8 Å². The molecular formula is C25H32N8O2. The van der Waals surface area contributed by atoms with Crippen molar-refractivity contribution < 1.29 is 9.53 Å². The number of methoxy groups -OCH3 is 1. The molecule has 1 fully saturated rings. The standard InChI is InChI=1S/C25H32N8O2/c1-6-31-11-13-32(14-12-31)22(23-28-29-30-33(23)25(2,3)4)21-20-17(15-19(27-21)24(34)35-5)16-9-7-8-10-18(16)26-20/h7-10,15,22,26H,6,11-14H2,1-5H3. The Morgan fingerprint density at radius 3 is 2.57 bits per heavy atom. The van der Waals surface area contributed by atoms with Gasteiger partial charge in [0.2, 0.25) is 0 Å². The van der Waals surface area contributed by atoms with E-state index in [1.165, 1.54) is 7.11 Å². The summed E-state index contributed by atoms with van der Waals surface area (Å²) in [5, 5.41) is 14.9. The molecule has 10 heteroatoms. The Morgan fingerprint density at radius 2 is 1.89 bits per heavy atom. The Bertz CT molecular complexity index is 1360. The number of tetrazole rings is 1. The number of fused-ring (bicyclic) bond motifs is 3. The second kappa shape index (κ2) is 9.01. The molecule has 0 aliphatic carbocycles. The van der Waals surface area contributed by atoms with Crippen LogP contribution in [0.4, 0.5) is 0 Å². The van der Waals surface area contributed by atoms with E-state index in [9.17, 15) is 4.79 Å². The summed E-state index contributed by atoms with van der Waals surface area (Å²) >= 11 is 0. The SMILES string of the molecule is CCN1CCN(C(c2nc(C(=O)OC)cc3c2[nH]c2ccccc23)c2nnnn2C(C)(C)C)CC1. The Labute approximate surface area is 204 Å². The molecule has 184 valence electrons. The lowest BCUT2D eigenvalue weighted by molar-refractivity contribution is 0.0592. The van der Waals surface area contributed by atoms with E-state index in [0.717, 1.165) is 60.2 Å². The predicted molar refractivity (Wildman–Crippen MR) is 133 cm³/mol. The van der Waals surface area contributed by atoms with E-state index >= 15 is 0 Å². The Hall–Kier alpha value is -3.37. The van der Waals surface area contributed by atoms with Gasteiger partial charge in [-0.1, -0.05) is 25.1 Å². The zero-order chi connectivity index (χ0) is 24.7. The van der Waals surface area contributed by atoms with Crippen molar-refractivity contribution in [1.82, 2.24) is 40.0 Å². The number of likely N-dealkylation sites (N-methyl/N-ethyl adjacent to an activating group) is 1. The summed E-state index contributed by atoms with van der Waals surface area (Å²) in [5.41, 5.74) is 2.53. The normalized spacial score (nSPS) is 16.7. The summed E-state index contributed by atoms with van der Waals surface area (Å²) in [4.78, 5) is 25.9. The van der Waals surface area contributed by atoms with Crippen LogP contribution in [0.15, 0.2) is 30.3 Å². The Balaban J connectivity index is 1.77. The van der Waals surface area contributed by atoms with E-state index in [4.69, 9.17) is 9.72 Å². The lowest BCUT2D eigenvalue weighted by atomic mass is 10.0. The first-order chi connectivity index (χ1) is 16.8. The number of benzene rings is 1. The first-order valence-electron chi connectivity index (χ1n) is 12.1. The molecule has 0 radical (unpaired) electrons. The highest BCUT2D eigenvalue weighted by atomic mass is 16.5. The number of ether oxygens (including phenoxy) is 1. The molecular weight excluding hydrogens is 444 g/mol. The van der Waals surface area contributed by atoms with Crippen LogP contribution in [0.3, 0.4) is 0 Å². The predicted octanol–water partition coefficient (Wildman–Crippen LogP) is 2.97. The maximum absolute atomic E-state index is 12.7. The van der Waals surface area contributed by atoms with Crippen LogP contribution in [0.1, 0.15) is 55.7 Å². The lowest BCUT2D eigenvalue weighted by Gasteiger charge is -2.38. The Morgan fingerprint density at radius 1 is 1.14 bits per heavy atom. The fraction of sp³-hybridized carbons (Fsp3) is 0.480. The van der Waals surface area contributed by atoms with Gasteiger partial charge in [0.05, 0.1) is 23.9 Å². The van der Waals surface area contributed by atoms with Gasteiger partial charge in [-0.05, 0) is 49.9 Å². The number of aromatic nitrogens is 6. The van der Waals surface area contributed by atoms with Gasteiger partial charge in [0, 0.05) is 42.5 Å². The van der Waals surface area contributed by atoms with Gasteiger partial charge in [0.1, 0.15) is 11.7 Å². The molecule has 1 aromatic carbocycles. The van der Waals surface area contributed by atoms with Crippen LogP contribution < -0.4 is 0 Å². The minimum Gasteiger partial charge on any atom is -0.464 e. The van der Waals surface area contributed by atoms with Gasteiger partial charge in [-0.2, -0.15) is 0 Å². The molecule has 5 rings (SSSR count). The number of aromatic amines is 1. The minimum atomic E-state index is -0.469. The van der Waals surface area contributed by atoms with E-state index in [1.807, 2.05) is 35.0 Å². The van der Waals surface area contributed by atoms with Gasteiger partial charge in [-0.15, -0.1) is 5.10 Å². The highest BCUT2D eigenvalue weighted by molar-refractivity contribution is 6.09. The van der Waals surface area contributed by atoms with Crippen molar-refractivity contribution in [2.24, 2.45) is 0 Å². The molecule has 0 spiro atoms. The number of pyridine rings is 1. The monoisotopic (exact) mass is 476 g/mol.